The third-order valence-corrected chi connectivity index (χ3v) is 4.57. The van der Waals surface area contributed by atoms with E-state index in [0.29, 0.717) is 5.54 Å². The molecule has 4 aliphatic carbocycles. The first-order valence-corrected chi connectivity index (χ1v) is 7.58. The predicted molar refractivity (Wildman–Crippen MR) is 64.1 cm³/mol. The molecule has 4 saturated carbocycles. The summed E-state index contributed by atoms with van der Waals surface area (Å²) >= 11 is 0. The maximum absolute atomic E-state index is 8.74. The molecule has 0 amide bonds. The average Bonchev–Trinajstić information content (AvgIpc) is 2.12. The van der Waals surface area contributed by atoms with E-state index in [1.807, 2.05) is 0 Å². The molecule has 17 heavy (non-hydrogen) atoms. The van der Waals surface area contributed by atoms with Gasteiger partial charge in [0, 0.05) is 5.54 Å². The van der Waals surface area contributed by atoms with Gasteiger partial charge in [-0.2, -0.15) is 8.42 Å². The summed E-state index contributed by atoms with van der Waals surface area (Å²) < 4.78 is 31.6. The molecular formula is C11H21NO4S. The summed E-state index contributed by atoms with van der Waals surface area (Å²) in [5.74, 6) is 3.26. The van der Waals surface area contributed by atoms with Crippen molar-refractivity contribution in [1.82, 2.24) is 5.32 Å². The van der Waals surface area contributed by atoms with E-state index < -0.39 is 10.4 Å². The van der Waals surface area contributed by atoms with Gasteiger partial charge >= 0.3 is 10.4 Å². The quantitative estimate of drug-likeness (QED) is 0.624. The van der Waals surface area contributed by atoms with Gasteiger partial charge in [-0.3, -0.25) is 9.11 Å². The Hall–Kier alpha value is -0.170. The Bertz CT molecular complexity index is 336. The minimum absolute atomic E-state index is 0.592. The van der Waals surface area contributed by atoms with Crippen LogP contribution in [0.5, 0.6) is 0 Å². The van der Waals surface area contributed by atoms with Crippen LogP contribution >= 0.6 is 0 Å². The monoisotopic (exact) mass is 263 g/mol. The number of rotatable bonds is 1. The van der Waals surface area contributed by atoms with Crippen LogP contribution in [0, 0.1) is 17.8 Å². The molecule has 3 N–H and O–H groups in total. The number of nitrogens with one attached hydrogen (secondary N) is 1. The van der Waals surface area contributed by atoms with E-state index in [2.05, 4.69) is 12.4 Å². The lowest BCUT2D eigenvalue weighted by Crippen LogP contribution is -2.57. The highest BCUT2D eigenvalue weighted by molar-refractivity contribution is 7.79. The van der Waals surface area contributed by atoms with Crippen molar-refractivity contribution in [2.45, 2.75) is 44.1 Å². The Morgan fingerprint density at radius 2 is 1.29 bits per heavy atom. The Balaban J connectivity index is 0.000000188. The minimum Gasteiger partial charge on any atom is -0.314 e. The SMILES string of the molecule is CNC12CC3CC(CC(C3)C1)C2.O=S(=O)(O)O. The van der Waals surface area contributed by atoms with E-state index in [0.717, 1.165) is 17.8 Å². The summed E-state index contributed by atoms with van der Waals surface area (Å²) in [5, 5.41) is 3.61. The summed E-state index contributed by atoms with van der Waals surface area (Å²) in [6.45, 7) is 0. The second-order valence-corrected chi connectivity index (χ2v) is 6.79. The van der Waals surface area contributed by atoms with Crippen molar-refractivity contribution in [2.24, 2.45) is 17.8 Å². The zero-order chi connectivity index (χ0) is 12.7. The van der Waals surface area contributed by atoms with Gasteiger partial charge in [0.25, 0.3) is 0 Å². The molecule has 0 atom stereocenters. The smallest absolute Gasteiger partial charge is 0.314 e. The van der Waals surface area contributed by atoms with Crippen molar-refractivity contribution in [2.75, 3.05) is 7.05 Å². The van der Waals surface area contributed by atoms with Crippen LogP contribution in [0.25, 0.3) is 0 Å². The van der Waals surface area contributed by atoms with Crippen LogP contribution in [-0.4, -0.2) is 30.1 Å². The third kappa shape index (κ3) is 3.40. The van der Waals surface area contributed by atoms with Crippen molar-refractivity contribution in [1.29, 1.82) is 0 Å². The lowest BCUT2D eigenvalue weighted by molar-refractivity contribution is -0.0158. The van der Waals surface area contributed by atoms with Crippen LogP contribution in [-0.2, 0) is 10.4 Å². The van der Waals surface area contributed by atoms with Crippen molar-refractivity contribution in [3.8, 4) is 0 Å². The third-order valence-electron chi connectivity index (χ3n) is 4.57. The summed E-state index contributed by atoms with van der Waals surface area (Å²) in [6, 6.07) is 0. The molecule has 4 bridgehead atoms. The lowest BCUT2D eigenvalue weighted by Gasteiger charge is -2.56. The van der Waals surface area contributed by atoms with Crippen LogP contribution in [0.2, 0.25) is 0 Å². The van der Waals surface area contributed by atoms with Crippen molar-refractivity contribution in [3.63, 3.8) is 0 Å². The van der Waals surface area contributed by atoms with E-state index in [1.54, 1.807) is 19.3 Å². The normalized spacial score (nSPS) is 43.1. The Morgan fingerprint density at radius 3 is 1.53 bits per heavy atom. The Morgan fingerprint density at radius 1 is 1.00 bits per heavy atom. The maximum atomic E-state index is 8.74. The standard InChI is InChI=1S/C11H19N.H2O4S/c1-12-11-5-8-2-9(6-11)4-10(3-8)7-11;1-5(2,3)4/h8-10,12H,2-7H2,1H3;(H2,1,2,3,4). The van der Waals surface area contributed by atoms with Gasteiger partial charge in [0.15, 0.2) is 0 Å². The van der Waals surface area contributed by atoms with Gasteiger partial charge in [-0.15, -0.1) is 0 Å². The molecule has 100 valence electrons. The fourth-order valence-electron chi connectivity index (χ4n) is 4.42. The van der Waals surface area contributed by atoms with Crippen LogP contribution in [0.1, 0.15) is 38.5 Å². The second kappa shape index (κ2) is 4.50. The van der Waals surface area contributed by atoms with Gasteiger partial charge in [0.2, 0.25) is 0 Å². The van der Waals surface area contributed by atoms with E-state index in [9.17, 15) is 0 Å². The first-order valence-electron chi connectivity index (χ1n) is 6.18. The molecule has 0 unspecified atom stereocenters. The van der Waals surface area contributed by atoms with Gasteiger partial charge < -0.3 is 5.32 Å². The van der Waals surface area contributed by atoms with E-state index in [-0.39, 0.29) is 0 Å². The minimum atomic E-state index is -4.67. The molecule has 0 radical (unpaired) electrons. The van der Waals surface area contributed by atoms with Gasteiger partial charge in [0.05, 0.1) is 0 Å². The highest BCUT2D eigenvalue weighted by atomic mass is 32.3. The molecule has 0 aromatic rings. The fourth-order valence-corrected chi connectivity index (χ4v) is 4.42. The van der Waals surface area contributed by atoms with Crippen LogP contribution < -0.4 is 5.32 Å². The van der Waals surface area contributed by atoms with Gasteiger partial charge in [-0.1, -0.05) is 0 Å². The number of hydrogen-bond acceptors (Lipinski definition) is 3. The van der Waals surface area contributed by atoms with Gasteiger partial charge in [-0.05, 0) is 63.3 Å². The van der Waals surface area contributed by atoms with Gasteiger partial charge in [-0.25, -0.2) is 0 Å². The van der Waals surface area contributed by atoms with E-state index in [1.165, 1.54) is 19.3 Å². The molecule has 0 saturated heterocycles. The molecule has 5 nitrogen and oxygen atoms in total. The Kier molecular flexibility index (Phi) is 3.51. The van der Waals surface area contributed by atoms with Crippen molar-refractivity contribution < 1.29 is 17.5 Å². The van der Waals surface area contributed by atoms with E-state index >= 15 is 0 Å². The largest absolute Gasteiger partial charge is 0.394 e. The first kappa shape index (κ1) is 13.3. The summed E-state index contributed by atoms with van der Waals surface area (Å²) in [7, 11) is -2.49. The van der Waals surface area contributed by atoms with Gasteiger partial charge in [0.1, 0.15) is 0 Å². The molecule has 0 spiro atoms. The molecule has 0 aromatic heterocycles. The second-order valence-electron chi connectivity index (χ2n) is 5.90. The molecule has 0 heterocycles. The molecule has 6 heteroatoms. The summed E-state index contributed by atoms with van der Waals surface area (Å²) in [5.41, 5.74) is 0.592. The zero-order valence-corrected chi connectivity index (χ0v) is 10.9. The molecule has 0 aromatic carbocycles. The first-order chi connectivity index (χ1) is 7.80. The highest BCUT2D eigenvalue weighted by Gasteiger charge is 2.49. The average molecular weight is 263 g/mol. The summed E-state index contributed by atoms with van der Waals surface area (Å²) in [4.78, 5) is 0. The van der Waals surface area contributed by atoms with Crippen molar-refractivity contribution >= 4 is 10.4 Å². The van der Waals surface area contributed by atoms with Crippen LogP contribution in [0.3, 0.4) is 0 Å². The molecule has 4 fully saturated rings. The zero-order valence-electron chi connectivity index (χ0n) is 10.1. The number of hydrogen-bond donors (Lipinski definition) is 3. The lowest BCUT2D eigenvalue weighted by atomic mass is 9.53. The topological polar surface area (TPSA) is 86.6 Å². The maximum Gasteiger partial charge on any atom is 0.394 e. The van der Waals surface area contributed by atoms with Crippen LogP contribution in [0.4, 0.5) is 0 Å². The highest BCUT2D eigenvalue weighted by Crippen LogP contribution is 2.55. The summed E-state index contributed by atoms with van der Waals surface area (Å²) in [6.07, 6.45) is 9.11. The molecular weight excluding hydrogens is 242 g/mol. The molecule has 0 aliphatic heterocycles. The predicted octanol–water partition coefficient (Wildman–Crippen LogP) is 1.52. The van der Waals surface area contributed by atoms with Crippen molar-refractivity contribution in [3.05, 3.63) is 0 Å². The van der Waals surface area contributed by atoms with Crippen LogP contribution in [0.15, 0.2) is 0 Å². The fraction of sp³-hybridized carbons (Fsp3) is 1.00. The Labute approximate surface area is 103 Å². The molecule has 4 rings (SSSR count). The van der Waals surface area contributed by atoms with E-state index in [4.69, 9.17) is 17.5 Å². The molecule has 4 aliphatic rings.